The van der Waals surface area contributed by atoms with Crippen LogP contribution in [0, 0.1) is 12.7 Å². The van der Waals surface area contributed by atoms with Crippen molar-refractivity contribution in [2.75, 3.05) is 11.9 Å². The van der Waals surface area contributed by atoms with E-state index in [4.69, 9.17) is 0 Å². The monoisotopic (exact) mass is 455 g/mol. The van der Waals surface area contributed by atoms with Gasteiger partial charge in [-0.15, -0.1) is 9.50 Å². The summed E-state index contributed by atoms with van der Waals surface area (Å²) in [5, 5.41) is 13.8. The molecule has 1 fully saturated rings. The zero-order valence-electron chi connectivity index (χ0n) is 16.9. The number of carbonyl (C=O) groups is 1. The molecule has 0 bridgehead atoms. The Kier molecular flexibility index (Phi) is 4.73. The number of benzene rings is 2. The fourth-order valence-corrected chi connectivity index (χ4v) is 5.24. The van der Waals surface area contributed by atoms with Gasteiger partial charge in [0.2, 0.25) is 5.91 Å². The molecule has 164 valence electrons. The van der Waals surface area contributed by atoms with Crippen molar-refractivity contribution in [3.63, 3.8) is 0 Å². The van der Waals surface area contributed by atoms with Crippen molar-refractivity contribution in [2.45, 2.75) is 30.7 Å². The summed E-state index contributed by atoms with van der Waals surface area (Å²) in [6, 6.07) is 10.1. The first kappa shape index (κ1) is 20.2. The van der Waals surface area contributed by atoms with Crippen LogP contribution in [0.1, 0.15) is 24.2 Å². The lowest BCUT2D eigenvalue weighted by atomic mass is 10.1. The van der Waals surface area contributed by atoms with E-state index in [1.807, 2.05) is 0 Å². The maximum absolute atomic E-state index is 14.3. The zero-order chi connectivity index (χ0) is 22.5. The van der Waals surface area contributed by atoms with Gasteiger partial charge in [-0.3, -0.25) is 4.79 Å². The normalized spacial score (nSPS) is 19.0. The third-order valence-corrected chi connectivity index (χ3v) is 6.83. The molecule has 0 spiro atoms. The molecule has 0 radical (unpaired) electrons. The lowest BCUT2D eigenvalue weighted by molar-refractivity contribution is -0.119. The molecule has 3 heterocycles. The summed E-state index contributed by atoms with van der Waals surface area (Å²) in [4.78, 5) is 15.0. The van der Waals surface area contributed by atoms with E-state index in [-0.39, 0.29) is 22.3 Å². The molecule has 1 atom stereocenters. The Morgan fingerprint density at radius 2 is 2.03 bits per heavy atom. The van der Waals surface area contributed by atoms with Crippen LogP contribution in [0.4, 0.5) is 10.1 Å². The molecule has 0 saturated carbocycles. The number of tetrazole rings is 1. The fraction of sp³-hybridized carbons (Fsp3) is 0.250. The Hall–Kier alpha value is -3.67. The number of likely N-dealkylation sites (tertiary alicyclic amines) is 1. The minimum absolute atomic E-state index is 0.105. The number of nitrogens with one attached hydrogen (secondary N) is 1. The number of aromatic nitrogens is 4. The van der Waals surface area contributed by atoms with Crippen molar-refractivity contribution in [1.29, 1.82) is 0 Å². The highest BCUT2D eigenvalue weighted by Gasteiger charge is 2.39. The molecule has 12 heteroatoms. The lowest BCUT2D eigenvalue weighted by Crippen LogP contribution is -2.43. The van der Waals surface area contributed by atoms with E-state index in [1.54, 1.807) is 30.0 Å². The summed E-state index contributed by atoms with van der Waals surface area (Å²) < 4.78 is 44.4. The van der Waals surface area contributed by atoms with Gasteiger partial charge in [0, 0.05) is 17.8 Å². The van der Waals surface area contributed by atoms with E-state index in [2.05, 4.69) is 25.2 Å². The number of carbonyl (C=O) groups excluding carboxylic acids is 1. The van der Waals surface area contributed by atoms with E-state index in [0.29, 0.717) is 36.5 Å². The Bertz CT molecular complexity index is 1370. The first-order valence-corrected chi connectivity index (χ1v) is 11.4. The summed E-state index contributed by atoms with van der Waals surface area (Å²) >= 11 is 0. The number of sulfonamides is 1. The van der Waals surface area contributed by atoms with Crippen molar-refractivity contribution in [2.24, 2.45) is 4.40 Å². The molecule has 2 aliphatic heterocycles. The van der Waals surface area contributed by atoms with Gasteiger partial charge >= 0.3 is 0 Å². The van der Waals surface area contributed by atoms with Crippen LogP contribution in [0.5, 0.6) is 0 Å². The van der Waals surface area contributed by atoms with Gasteiger partial charge in [-0.1, -0.05) is 12.1 Å². The molecular formula is C20H18FN7O3S. The Morgan fingerprint density at radius 3 is 2.81 bits per heavy atom. The average Bonchev–Trinajstić information content (AvgIpc) is 3.48. The van der Waals surface area contributed by atoms with Crippen LogP contribution in [-0.4, -0.2) is 57.9 Å². The predicted octanol–water partition coefficient (Wildman–Crippen LogP) is 1.66. The van der Waals surface area contributed by atoms with Crippen LogP contribution in [-0.2, 0) is 14.8 Å². The van der Waals surface area contributed by atoms with Gasteiger partial charge < -0.3 is 10.2 Å². The van der Waals surface area contributed by atoms with Crippen LogP contribution in [0.15, 0.2) is 51.8 Å². The highest BCUT2D eigenvalue weighted by atomic mass is 32.2. The van der Waals surface area contributed by atoms with Crippen LogP contribution in [0.25, 0.3) is 5.69 Å². The molecule has 1 saturated heterocycles. The topological polar surface area (TPSA) is 122 Å². The SMILES string of the molecule is Cc1nnnn1-c1cc(NC(=O)[C@@H]2CCCN2C2=NS(=O)(=O)c3ccccc32)ccc1F. The maximum atomic E-state index is 14.3. The fourth-order valence-electron chi connectivity index (χ4n) is 4.02. The smallest absolute Gasteiger partial charge is 0.285 e. The average molecular weight is 455 g/mol. The largest absolute Gasteiger partial charge is 0.343 e. The number of rotatable bonds is 3. The van der Waals surface area contributed by atoms with E-state index >= 15 is 0 Å². The first-order valence-electron chi connectivity index (χ1n) is 9.92. The molecule has 32 heavy (non-hydrogen) atoms. The predicted molar refractivity (Wildman–Crippen MR) is 112 cm³/mol. The van der Waals surface area contributed by atoms with Gasteiger partial charge in [-0.05, 0) is 60.5 Å². The van der Waals surface area contributed by atoms with Gasteiger partial charge in [0.25, 0.3) is 10.0 Å². The number of nitrogens with zero attached hydrogens (tertiary/aromatic N) is 6. The second-order valence-electron chi connectivity index (χ2n) is 7.53. The van der Waals surface area contributed by atoms with E-state index in [1.165, 1.54) is 28.9 Å². The second kappa shape index (κ2) is 7.48. The van der Waals surface area contributed by atoms with E-state index in [0.717, 1.165) is 0 Å². The molecule has 3 aromatic rings. The maximum Gasteiger partial charge on any atom is 0.285 e. The highest BCUT2D eigenvalue weighted by Crippen LogP contribution is 2.31. The molecule has 1 N–H and O–H groups in total. The number of amidine groups is 1. The summed E-state index contributed by atoms with van der Waals surface area (Å²) in [5.41, 5.74) is 0.966. The van der Waals surface area contributed by atoms with Crippen LogP contribution in [0.2, 0.25) is 0 Å². The van der Waals surface area contributed by atoms with E-state index in [9.17, 15) is 17.6 Å². The number of fused-ring (bicyclic) bond motifs is 1. The number of amides is 1. The van der Waals surface area contributed by atoms with Crippen LogP contribution >= 0.6 is 0 Å². The molecule has 2 aromatic carbocycles. The van der Waals surface area contributed by atoms with Gasteiger partial charge in [0.15, 0.2) is 11.7 Å². The van der Waals surface area contributed by atoms with Gasteiger partial charge in [-0.2, -0.15) is 13.1 Å². The zero-order valence-corrected chi connectivity index (χ0v) is 17.8. The van der Waals surface area contributed by atoms with Gasteiger partial charge in [0.05, 0.1) is 0 Å². The number of anilines is 1. The first-order chi connectivity index (χ1) is 15.3. The summed E-state index contributed by atoms with van der Waals surface area (Å²) in [6.07, 6.45) is 1.24. The molecule has 10 nitrogen and oxygen atoms in total. The van der Waals surface area contributed by atoms with Crippen molar-refractivity contribution >= 4 is 27.5 Å². The van der Waals surface area contributed by atoms with Crippen molar-refractivity contribution in [3.8, 4) is 5.69 Å². The third-order valence-electron chi connectivity index (χ3n) is 5.51. The minimum atomic E-state index is -3.79. The van der Waals surface area contributed by atoms with Crippen LogP contribution in [0.3, 0.4) is 0 Å². The van der Waals surface area contributed by atoms with Crippen molar-refractivity contribution in [3.05, 3.63) is 59.7 Å². The molecule has 2 aliphatic rings. The third kappa shape index (κ3) is 3.32. The quantitative estimate of drug-likeness (QED) is 0.637. The lowest BCUT2D eigenvalue weighted by Gasteiger charge is -2.25. The minimum Gasteiger partial charge on any atom is -0.343 e. The molecular weight excluding hydrogens is 437 g/mol. The molecule has 0 unspecified atom stereocenters. The van der Waals surface area contributed by atoms with Crippen molar-refractivity contribution in [1.82, 2.24) is 25.1 Å². The van der Waals surface area contributed by atoms with Gasteiger partial charge in [0.1, 0.15) is 22.4 Å². The number of halogens is 1. The molecule has 0 aliphatic carbocycles. The molecule has 1 amide bonds. The number of aryl methyl sites for hydroxylation is 1. The molecule has 1 aromatic heterocycles. The van der Waals surface area contributed by atoms with Crippen molar-refractivity contribution < 1.29 is 17.6 Å². The van der Waals surface area contributed by atoms with Gasteiger partial charge in [-0.25, -0.2) is 4.39 Å². The van der Waals surface area contributed by atoms with Crippen LogP contribution < -0.4 is 5.32 Å². The standard InChI is InChI=1S/C20H18FN7O3S/c1-12-23-25-26-28(12)17-11-13(8-9-15(17)21)22-20(29)16-6-4-10-27(16)19-14-5-2-3-7-18(14)32(30,31)24-19/h2-3,5,7-9,11,16H,4,6,10H2,1H3,(H,22,29)/t16-/m0/s1. The second-order valence-corrected chi connectivity index (χ2v) is 9.10. The highest BCUT2D eigenvalue weighted by molar-refractivity contribution is 7.90. The number of hydrogen-bond acceptors (Lipinski definition) is 7. The van der Waals surface area contributed by atoms with E-state index < -0.39 is 21.9 Å². The Labute approximate surface area is 182 Å². The number of hydrogen-bond donors (Lipinski definition) is 1. The summed E-state index contributed by atoms with van der Waals surface area (Å²) in [5.74, 6) is -0.197. The Balaban J connectivity index is 1.42. The summed E-state index contributed by atoms with van der Waals surface area (Å²) in [7, 11) is -3.79. The Morgan fingerprint density at radius 1 is 1.22 bits per heavy atom. The molecule has 5 rings (SSSR count). The summed E-state index contributed by atoms with van der Waals surface area (Å²) in [6.45, 7) is 2.13.